The number of carbonyl (C=O) groups is 1. The molecule has 0 spiro atoms. The summed E-state index contributed by atoms with van der Waals surface area (Å²) in [4.78, 5) is 26.7. The van der Waals surface area contributed by atoms with Crippen molar-refractivity contribution in [2.75, 3.05) is 18.4 Å². The molecule has 0 bridgehead atoms. The third kappa shape index (κ3) is 3.82. The standard InChI is InChI=1S/C15H20N6O2/c1-11-19-14(20-23-11)12-5-3-10-21(12)13(22)6-2-7-16-15-17-8-4-9-18-15/h4,8-9,12H,2-3,5-7,10H2,1H3,(H,16,17,18)/t12-/m0/s1. The Morgan fingerprint density at radius 3 is 3.00 bits per heavy atom. The zero-order valence-electron chi connectivity index (χ0n) is 13.1. The van der Waals surface area contributed by atoms with Crippen LogP contribution < -0.4 is 5.32 Å². The van der Waals surface area contributed by atoms with Gasteiger partial charge in [0.25, 0.3) is 0 Å². The van der Waals surface area contributed by atoms with E-state index < -0.39 is 0 Å². The van der Waals surface area contributed by atoms with Gasteiger partial charge in [0.1, 0.15) is 0 Å². The smallest absolute Gasteiger partial charge is 0.223 e. The highest BCUT2D eigenvalue weighted by Crippen LogP contribution is 2.30. The number of nitrogens with one attached hydrogen (secondary N) is 1. The molecule has 1 amide bonds. The summed E-state index contributed by atoms with van der Waals surface area (Å²) in [6.07, 6.45) is 6.43. The Kier molecular flexibility index (Phi) is 4.80. The third-order valence-electron chi connectivity index (χ3n) is 3.83. The summed E-state index contributed by atoms with van der Waals surface area (Å²) >= 11 is 0. The minimum absolute atomic E-state index is 0.0506. The van der Waals surface area contributed by atoms with Crippen LogP contribution in [0.3, 0.4) is 0 Å². The number of carbonyl (C=O) groups excluding carboxylic acids is 1. The van der Waals surface area contributed by atoms with Gasteiger partial charge in [-0.15, -0.1) is 0 Å². The van der Waals surface area contributed by atoms with Crippen molar-refractivity contribution >= 4 is 11.9 Å². The molecule has 3 rings (SSSR count). The monoisotopic (exact) mass is 316 g/mol. The van der Waals surface area contributed by atoms with Gasteiger partial charge >= 0.3 is 0 Å². The Bertz CT molecular complexity index is 644. The second-order valence-corrected chi connectivity index (χ2v) is 5.52. The lowest BCUT2D eigenvalue weighted by Crippen LogP contribution is -2.31. The van der Waals surface area contributed by atoms with Gasteiger partial charge in [0, 0.05) is 38.8 Å². The molecule has 3 heterocycles. The van der Waals surface area contributed by atoms with Crippen molar-refractivity contribution in [3.8, 4) is 0 Å². The molecular weight excluding hydrogens is 296 g/mol. The van der Waals surface area contributed by atoms with Crippen LogP contribution in [0.4, 0.5) is 5.95 Å². The molecule has 0 aromatic carbocycles. The minimum atomic E-state index is -0.0506. The molecule has 1 atom stereocenters. The third-order valence-corrected chi connectivity index (χ3v) is 3.83. The highest BCUT2D eigenvalue weighted by molar-refractivity contribution is 5.76. The number of anilines is 1. The first kappa shape index (κ1) is 15.4. The zero-order valence-corrected chi connectivity index (χ0v) is 13.1. The maximum absolute atomic E-state index is 12.4. The van der Waals surface area contributed by atoms with E-state index in [-0.39, 0.29) is 11.9 Å². The van der Waals surface area contributed by atoms with Crippen molar-refractivity contribution in [3.05, 3.63) is 30.2 Å². The first-order valence-corrected chi connectivity index (χ1v) is 7.84. The summed E-state index contributed by atoms with van der Waals surface area (Å²) in [6, 6.07) is 1.72. The molecule has 23 heavy (non-hydrogen) atoms. The Morgan fingerprint density at radius 2 is 2.26 bits per heavy atom. The van der Waals surface area contributed by atoms with Crippen LogP contribution >= 0.6 is 0 Å². The van der Waals surface area contributed by atoms with Crippen LogP contribution in [0.5, 0.6) is 0 Å². The molecule has 122 valence electrons. The maximum Gasteiger partial charge on any atom is 0.223 e. The van der Waals surface area contributed by atoms with Gasteiger partial charge in [0.05, 0.1) is 6.04 Å². The second-order valence-electron chi connectivity index (χ2n) is 5.52. The number of likely N-dealkylation sites (tertiary alicyclic amines) is 1. The van der Waals surface area contributed by atoms with E-state index in [9.17, 15) is 4.79 Å². The van der Waals surface area contributed by atoms with Gasteiger partial charge in [0.2, 0.25) is 17.7 Å². The van der Waals surface area contributed by atoms with Gasteiger partial charge < -0.3 is 14.7 Å². The number of aryl methyl sites for hydroxylation is 1. The van der Waals surface area contributed by atoms with E-state index in [1.165, 1.54) is 0 Å². The lowest BCUT2D eigenvalue weighted by molar-refractivity contribution is -0.132. The molecule has 2 aromatic rings. The molecule has 0 saturated carbocycles. The summed E-state index contributed by atoms with van der Waals surface area (Å²) in [7, 11) is 0. The molecule has 0 unspecified atom stereocenters. The Hall–Kier alpha value is -2.51. The topological polar surface area (TPSA) is 97.0 Å². The van der Waals surface area contributed by atoms with Crippen molar-refractivity contribution in [3.63, 3.8) is 0 Å². The van der Waals surface area contributed by atoms with E-state index in [2.05, 4.69) is 25.4 Å². The quantitative estimate of drug-likeness (QED) is 0.810. The highest BCUT2D eigenvalue weighted by Gasteiger charge is 2.32. The number of aromatic nitrogens is 4. The van der Waals surface area contributed by atoms with Crippen LogP contribution in [-0.2, 0) is 4.79 Å². The van der Waals surface area contributed by atoms with E-state index in [0.29, 0.717) is 30.6 Å². The molecule has 8 heteroatoms. The van der Waals surface area contributed by atoms with Gasteiger partial charge in [-0.2, -0.15) is 4.98 Å². The maximum atomic E-state index is 12.4. The summed E-state index contributed by atoms with van der Waals surface area (Å²) in [5, 5.41) is 7.06. The first-order valence-electron chi connectivity index (χ1n) is 7.84. The van der Waals surface area contributed by atoms with Crippen LogP contribution in [-0.4, -0.2) is 44.0 Å². The molecule has 0 aliphatic carbocycles. The molecule has 1 N–H and O–H groups in total. The van der Waals surface area contributed by atoms with Crippen LogP contribution in [0.15, 0.2) is 23.0 Å². The van der Waals surface area contributed by atoms with Crippen molar-refractivity contribution < 1.29 is 9.32 Å². The van der Waals surface area contributed by atoms with Gasteiger partial charge in [0.15, 0.2) is 5.82 Å². The summed E-state index contributed by atoms with van der Waals surface area (Å²) in [5.41, 5.74) is 0. The molecule has 0 radical (unpaired) electrons. The van der Waals surface area contributed by atoms with Crippen LogP contribution in [0.2, 0.25) is 0 Å². The zero-order chi connectivity index (χ0) is 16.1. The number of hydrogen-bond donors (Lipinski definition) is 1. The van der Waals surface area contributed by atoms with Crippen LogP contribution in [0.1, 0.15) is 43.4 Å². The summed E-state index contributed by atoms with van der Waals surface area (Å²) in [6.45, 7) is 3.18. The fourth-order valence-electron chi connectivity index (χ4n) is 2.76. The average molecular weight is 316 g/mol. The predicted molar refractivity (Wildman–Crippen MR) is 82.5 cm³/mol. The van der Waals surface area contributed by atoms with Crippen LogP contribution in [0, 0.1) is 6.92 Å². The molecule has 1 fully saturated rings. The van der Waals surface area contributed by atoms with Gasteiger partial charge in [-0.3, -0.25) is 4.79 Å². The lowest BCUT2D eigenvalue weighted by Gasteiger charge is -2.22. The largest absolute Gasteiger partial charge is 0.354 e. The molecule has 8 nitrogen and oxygen atoms in total. The fraction of sp³-hybridized carbons (Fsp3) is 0.533. The normalized spacial score (nSPS) is 17.4. The van der Waals surface area contributed by atoms with Gasteiger partial charge in [-0.1, -0.05) is 5.16 Å². The number of amides is 1. The van der Waals surface area contributed by atoms with E-state index >= 15 is 0 Å². The number of rotatable bonds is 6. The number of hydrogen-bond acceptors (Lipinski definition) is 7. The van der Waals surface area contributed by atoms with Gasteiger partial charge in [-0.05, 0) is 25.3 Å². The SMILES string of the molecule is Cc1nc([C@@H]2CCCN2C(=O)CCCNc2ncccn2)no1. The second kappa shape index (κ2) is 7.17. The van der Waals surface area contributed by atoms with Crippen molar-refractivity contribution in [2.45, 2.75) is 38.6 Å². The first-order chi connectivity index (χ1) is 11.2. The van der Waals surface area contributed by atoms with Crippen LogP contribution in [0.25, 0.3) is 0 Å². The Labute approximate surface area is 134 Å². The number of nitrogens with zero attached hydrogens (tertiary/aromatic N) is 5. The molecular formula is C15H20N6O2. The van der Waals surface area contributed by atoms with E-state index in [0.717, 1.165) is 25.8 Å². The van der Waals surface area contributed by atoms with E-state index in [4.69, 9.17) is 4.52 Å². The molecule has 1 saturated heterocycles. The molecule has 1 aliphatic rings. The van der Waals surface area contributed by atoms with Crippen molar-refractivity contribution in [1.29, 1.82) is 0 Å². The highest BCUT2D eigenvalue weighted by atomic mass is 16.5. The fourth-order valence-corrected chi connectivity index (χ4v) is 2.76. The van der Waals surface area contributed by atoms with E-state index in [1.807, 2.05) is 4.90 Å². The molecule has 2 aromatic heterocycles. The van der Waals surface area contributed by atoms with Crippen molar-refractivity contribution in [1.82, 2.24) is 25.0 Å². The summed E-state index contributed by atoms with van der Waals surface area (Å²) in [5.74, 6) is 1.86. The van der Waals surface area contributed by atoms with Gasteiger partial charge in [-0.25, -0.2) is 9.97 Å². The lowest BCUT2D eigenvalue weighted by atomic mass is 10.2. The Morgan fingerprint density at radius 1 is 1.43 bits per heavy atom. The van der Waals surface area contributed by atoms with E-state index in [1.54, 1.807) is 25.4 Å². The summed E-state index contributed by atoms with van der Waals surface area (Å²) < 4.78 is 5.03. The van der Waals surface area contributed by atoms with Crippen molar-refractivity contribution in [2.24, 2.45) is 0 Å². The molecule has 1 aliphatic heterocycles. The Balaban J connectivity index is 1.47. The average Bonchev–Trinajstić information content (AvgIpc) is 3.21. The minimum Gasteiger partial charge on any atom is -0.354 e. The predicted octanol–water partition coefficient (Wildman–Crippen LogP) is 1.72.